The first kappa shape index (κ1) is 18.5. The van der Waals surface area contributed by atoms with Crippen molar-refractivity contribution < 1.29 is 14.6 Å². The lowest BCUT2D eigenvalue weighted by Gasteiger charge is -2.09. The Kier molecular flexibility index (Phi) is 5.39. The Hall–Kier alpha value is -3.85. The fourth-order valence-corrected chi connectivity index (χ4v) is 3.32. The Bertz CT molecular complexity index is 1170. The third-order valence-corrected chi connectivity index (χ3v) is 4.70. The second-order valence-corrected chi connectivity index (χ2v) is 6.78. The van der Waals surface area contributed by atoms with E-state index in [9.17, 15) is 9.90 Å². The van der Waals surface area contributed by atoms with Gasteiger partial charge in [0.1, 0.15) is 11.5 Å². The van der Waals surface area contributed by atoms with E-state index in [4.69, 9.17) is 4.74 Å². The summed E-state index contributed by atoms with van der Waals surface area (Å²) in [6.07, 6.45) is 2.07. The maximum absolute atomic E-state index is 11.9. The summed E-state index contributed by atoms with van der Waals surface area (Å²) >= 11 is 0. The normalized spacial score (nSPS) is 11.4. The van der Waals surface area contributed by atoms with Crippen LogP contribution in [0.3, 0.4) is 0 Å². The average Bonchev–Trinajstić information content (AvgIpc) is 2.74. The van der Waals surface area contributed by atoms with Crippen LogP contribution in [-0.4, -0.2) is 11.1 Å². The fourth-order valence-electron chi connectivity index (χ4n) is 3.32. The van der Waals surface area contributed by atoms with Gasteiger partial charge >= 0.3 is 5.97 Å². The van der Waals surface area contributed by atoms with Crippen molar-refractivity contribution in [2.24, 2.45) is 0 Å². The number of aliphatic carboxylic acids is 1. The molecule has 3 heteroatoms. The quantitative estimate of drug-likeness (QED) is 0.397. The summed E-state index contributed by atoms with van der Waals surface area (Å²) in [7, 11) is 0. The predicted molar refractivity (Wildman–Crippen MR) is 116 cm³/mol. The van der Waals surface area contributed by atoms with Gasteiger partial charge in [0.15, 0.2) is 0 Å². The van der Waals surface area contributed by atoms with Crippen LogP contribution >= 0.6 is 0 Å². The van der Waals surface area contributed by atoms with E-state index in [1.54, 1.807) is 6.08 Å². The summed E-state index contributed by atoms with van der Waals surface area (Å²) in [6.45, 7) is 0. The monoisotopic (exact) mass is 380 g/mol. The molecule has 4 aromatic rings. The van der Waals surface area contributed by atoms with Crippen LogP contribution in [0.15, 0.2) is 103 Å². The number of fused-ring (bicyclic) bond motifs is 1. The van der Waals surface area contributed by atoms with Crippen LogP contribution in [0.1, 0.15) is 11.1 Å². The van der Waals surface area contributed by atoms with Crippen LogP contribution in [0.25, 0.3) is 16.8 Å². The van der Waals surface area contributed by atoms with Crippen molar-refractivity contribution >= 4 is 22.8 Å². The van der Waals surface area contributed by atoms with Crippen LogP contribution < -0.4 is 4.74 Å². The molecule has 0 saturated heterocycles. The van der Waals surface area contributed by atoms with E-state index in [-0.39, 0.29) is 0 Å². The second kappa shape index (κ2) is 8.44. The molecule has 0 amide bonds. The minimum Gasteiger partial charge on any atom is -0.478 e. The van der Waals surface area contributed by atoms with E-state index < -0.39 is 5.97 Å². The maximum Gasteiger partial charge on any atom is 0.331 e. The van der Waals surface area contributed by atoms with Crippen molar-refractivity contribution in [3.05, 3.63) is 114 Å². The molecule has 0 fully saturated rings. The number of benzene rings is 4. The molecule has 0 unspecified atom stereocenters. The van der Waals surface area contributed by atoms with E-state index in [1.807, 2.05) is 97.1 Å². The van der Waals surface area contributed by atoms with Crippen molar-refractivity contribution in [2.75, 3.05) is 0 Å². The molecule has 0 aliphatic heterocycles. The van der Waals surface area contributed by atoms with Gasteiger partial charge < -0.3 is 9.84 Å². The Labute approximate surface area is 169 Å². The third kappa shape index (κ3) is 4.53. The molecule has 0 bridgehead atoms. The molecule has 4 aromatic carbocycles. The molecule has 0 saturated carbocycles. The summed E-state index contributed by atoms with van der Waals surface area (Å²) < 4.78 is 5.87. The summed E-state index contributed by atoms with van der Waals surface area (Å²) in [5, 5.41) is 11.9. The first-order chi connectivity index (χ1) is 14.2. The van der Waals surface area contributed by atoms with Gasteiger partial charge in [0.05, 0.1) is 0 Å². The number of rotatable bonds is 6. The van der Waals surface area contributed by atoms with Crippen LogP contribution in [0, 0.1) is 0 Å². The highest BCUT2D eigenvalue weighted by molar-refractivity contribution is 5.97. The predicted octanol–water partition coefficient (Wildman–Crippen LogP) is 6.34. The van der Waals surface area contributed by atoms with Gasteiger partial charge in [-0.2, -0.15) is 0 Å². The molecule has 1 N–H and O–H groups in total. The first-order valence-electron chi connectivity index (χ1n) is 9.42. The van der Waals surface area contributed by atoms with Gasteiger partial charge in [0.2, 0.25) is 0 Å². The maximum atomic E-state index is 11.9. The molecule has 0 aromatic heterocycles. The zero-order chi connectivity index (χ0) is 20.1. The fraction of sp³-hybridized carbons (Fsp3) is 0.0385. The Morgan fingerprint density at radius 2 is 1.48 bits per heavy atom. The number of para-hydroxylation sites is 1. The topological polar surface area (TPSA) is 46.5 Å². The minimum atomic E-state index is -0.924. The Morgan fingerprint density at radius 3 is 2.31 bits per heavy atom. The van der Waals surface area contributed by atoms with Gasteiger partial charge in [-0.25, -0.2) is 4.79 Å². The lowest BCUT2D eigenvalue weighted by Crippen LogP contribution is -2.04. The largest absolute Gasteiger partial charge is 0.478 e. The molecule has 0 aliphatic rings. The molecular formula is C26H20O3. The van der Waals surface area contributed by atoms with Gasteiger partial charge in [0, 0.05) is 12.0 Å². The van der Waals surface area contributed by atoms with Crippen molar-refractivity contribution in [1.29, 1.82) is 0 Å². The number of hydrogen-bond donors (Lipinski definition) is 1. The van der Waals surface area contributed by atoms with Crippen molar-refractivity contribution in [3.8, 4) is 11.5 Å². The van der Waals surface area contributed by atoms with Crippen LogP contribution in [0.4, 0.5) is 0 Å². The van der Waals surface area contributed by atoms with Crippen LogP contribution in [0.5, 0.6) is 11.5 Å². The summed E-state index contributed by atoms with van der Waals surface area (Å²) in [5.74, 6) is 0.505. The number of hydrogen-bond acceptors (Lipinski definition) is 2. The van der Waals surface area contributed by atoms with Crippen molar-refractivity contribution in [3.63, 3.8) is 0 Å². The van der Waals surface area contributed by atoms with E-state index in [2.05, 4.69) is 0 Å². The van der Waals surface area contributed by atoms with E-state index in [0.29, 0.717) is 17.7 Å². The molecule has 0 atom stereocenters. The standard InChI is InChI=1S/C26H20O3/c27-26(28)22(18-21-11-7-10-20-9-4-5-15-25(20)21)16-19-8-6-14-24(17-19)29-23-12-2-1-3-13-23/h1-15,17-18H,16H2,(H,27,28). The molecule has 0 aliphatic carbocycles. The van der Waals surface area contributed by atoms with E-state index in [1.165, 1.54) is 0 Å². The summed E-state index contributed by atoms with van der Waals surface area (Å²) in [5.41, 5.74) is 2.11. The van der Waals surface area contributed by atoms with Gasteiger partial charge in [-0.05, 0) is 52.2 Å². The zero-order valence-corrected chi connectivity index (χ0v) is 15.8. The first-order valence-corrected chi connectivity index (χ1v) is 9.42. The van der Waals surface area contributed by atoms with Crippen molar-refractivity contribution in [2.45, 2.75) is 6.42 Å². The molecule has 3 nitrogen and oxygen atoms in total. The highest BCUT2D eigenvalue weighted by Crippen LogP contribution is 2.25. The second-order valence-electron chi connectivity index (χ2n) is 6.78. The number of carboxylic acids is 1. The van der Waals surface area contributed by atoms with Gasteiger partial charge in [0.25, 0.3) is 0 Å². The SMILES string of the molecule is O=C(O)C(=Cc1cccc2ccccc12)Cc1cccc(Oc2ccccc2)c1. The summed E-state index contributed by atoms with van der Waals surface area (Å²) in [4.78, 5) is 11.9. The van der Waals surface area contributed by atoms with Crippen LogP contribution in [0.2, 0.25) is 0 Å². The molecule has 0 radical (unpaired) electrons. The highest BCUT2D eigenvalue weighted by atomic mass is 16.5. The Balaban J connectivity index is 1.63. The molecular weight excluding hydrogens is 360 g/mol. The lowest BCUT2D eigenvalue weighted by molar-refractivity contribution is -0.132. The van der Waals surface area contributed by atoms with Crippen LogP contribution in [-0.2, 0) is 11.2 Å². The summed E-state index contributed by atoms with van der Waals surface area (Å²) in [6, 6.07) is 31.0. The minimum absolute atomic E-state index is 0.310. The molecule has 0 spiro atoms. The number of ether oxygens (including phenoxy) is 1. The van der Waals surface area contributed by atoms with E-state index in [0.717, 1.165) is 27.6 Å². The van der Waals surface area contributed by atoms with E-state index >= 15 is 0 Å². The average molecular weight is 380 g/mol. The van der Waals surface area contributed by atoms with Gasteiger partial charge in [-0.1, -0.05) is 72.8 Å². The smallest absolute Gasteiger partial charge is 0.331 e. The molecule has 29 heavy (non-hydrogen) atoms. The third-order valence-electron chi connectivity index (χ3n) is 4.70. The molecule has 142 valence electrons. The highest BCUT2D eigenvalue weighted by Gasteiger charge is 2.11. The van der Waals surface area contributed by atoms with Gasteiger partial charge in [-0.3, -0.25) is 0 Å². The number of carbonyl (C=O) groups is 1. The molecule has 0 heterocycles. The zero-order valence-electron chi connectivity index (χ0n) is 15.8. The molecule has 4 rings (SSSR count). The van der Waals surface area contributed by atoms with Crippen molar-refractivity contribution in [1.82, 2.24) is 0 Å². The lowest BCUT2D eigenvalue weighted by atomic mass is 9.99. The Morgan fingerprint density at radius 1 is 0.793 bits per heavy atom. The van der Waals surface area contributed by atoms with Gasteiger partial charge in [-0.15, -0.1) is 0 Å². The number of carboxylic acid groups (broad SMARTS) is 1.